The van der Waals surface area contributed by atoms with Gasteiger partial charge in [0.15, 0.2) is 0 Å². The number of aromatic amines is 1. The number of hydrogen-bond acceptors (Lipinski definition) is 3. The molecule has 126 valence electrons. The Hall–Kier alpha value is -2.63. The highest BCUT2D eigenvalue weighted by molar-refractivity contribution is 7.98. The monoisotopic (exact) mass is 374 g/mol. The third-order valence-electron chi connectivity index (χ3n) is 4.35. The number of aromatic nitrogens is 1. The zero-order valence-electron chi connectivity index (χ0n) is 13.9. The summed E-state index contributed by atoms with van der Waals surface area (Å²) < 4.78 is 0. The maximum Gasteiger partial charge on any atom is 0.241 e. The lowest BCUT2D eigenvalue weighted by atomic mass is 10.1. The molecular weight excluding hydrogens is 358 g/mol. The summed E-state index contributed by atoms with van der Waals surface area (Å²) in [6, 6.07) is 23.0. The number of nitrogens with zero attached hydrogens (tertiary/aromatic N) is 1. The molecule has 0 spiro atoms. The summed E-state index contributed by atoms with van der Waals surface area (Å²) in [5.41, 5.74) is 4.42. The molecule has 0 fully saturated rings. The van der Waals surface area contributed by atoms with Gasteiger partial charge in [-0.15, -0.1) is 11.3 Å². The highest BCUT2D eigenvalue weighted by atomic mass is 32.2. The normalized spacial score (nSPS) is 14.1. The van der Waals surface area contributed by atoms with Crippen LogP contribution in [0.15, 0.2) is 82.1 Å². The molecule has 0 atom stereocenters. The minimum absolute atomic E-state index is 0.936. The number of nitrogens with one attached hydrogen (secondary N) is 2. The molecule has 0 radical (unpaired) electrons. The predicted molar refractivity (Wildman–Crippen MR) is 111 cm³/mol. The van der Waals surface area contributed by atoms with Gasteiger partial charge < -0.3 is 5.32 Å². The Kier molecular flexibility index (Phi) is 3.96. The molecule has 0 aliphatic carbocycles. The van der Waals surface area contributed by atoms with Crippen LogP contribution in [0.1, 0.15) is 10.4 Å². The summed E-state index contributed by atoms with van der Waals surface area (Å²) in [6.45, 7) is 0. The molecule has 5 heteroatoms. The fourth-order valence-electron chi connectivity index (χ4n) is 3.04. The van der Waals surface area contributed by atoms with Gasteiger partial charge in [-0.1, -0.05) is 42.1 Å². The van der Waals surface area contributed by atoms with Gasteiger partial charge in [0.1, 0.15) is 5.84 Å². The first kappa shape index (κ1) is 15.6. The zero-order valence-corrected chi connectivity index (χ0v) is 15.5. The minimum Gasteiger partial charge on any atom is -0.339 e. The van der Waals surface area contributed by atoms with Gasteiger partial charge in [-0.2, -0.15) is 4.98 Å². The summed E-state index contributed by atoms with van der Waals surface area (Å²) in [4.78, 5) is 9.82. The van der Waals surface area contributed by atoms with Crippen molar-refractivity contribution in [3.63, 3.8) is 0 Å². The number of rotatable bonds is 4. The van der Waals surface area contributed by atoms with Crippen LogP contribution in [-0.4, -0.2) is 5.84 Å². The van der Waals surface area contributed by atoms with Gasteiger partial charge in [0.25, 0.3) is 0 Å². The number of thiophene rings is 1. The largest absolute Gasteiger partial charge is 0.339 e. The molecule has 4 aromatic rings. The number of para-hydroxylation sites is 2. The molecule has 26 heavy (non-hydrogen) atoms. The quantitative estimate of drug-likeness (QED) is 0.478. The minimum atomic E-state index is 0.936. The molecule has 0 amide bonds. The van der Waals surface area contributed by atoms with Crippen LogP contribution in [0.2, 0.25) is 0 Å². The van der Waals surface area contributed by atoms with Gasteiger partial charge in [-0.3, -0.25) is 0 Å². The van der Waals surface area contributed by atoms with Crippen molar-refractivity contribution in [3.05, 3.63) is 82.6 Å². The van der Waals surface area contributed by atoms with Crippen molar-refractivity contribution in [3.8, 4) is 0 Å². The number of thioether (sulfide) groups is 1. The molecule has 5 rings (SSSR count). The van der Waals surface area contributed by atoms with E-state index in [0.717, 1.165) is 38.9 Å². The molecule has 1 aliphatic heterocycles. The van der Waals surface area contributed by atoms with Crippen LogP contribution >= 0.6 is 23.1 Å². The lowest BCUT2D eigenvalue weighted by Crippen LogP contribution is -2.25. The van der Waals surface area contributed by atoms with E-state index < -0.39 is 0 Å². The molecular formula is C21H16N3S2+. The summed E-state index contributed by atoms with van der Waals surface area (Å²) in [5.74, 6) is 1.90. The second kappa shape index (κ2) is 6.59. The average molecular weight is 375 g/mol. The first-order valence-electron chi connectivity index (χ1n) is 8.42. The second-order valence-corrected chi connectivity index (χ2v) is 8.11. The van der Waals surface area contributed by atoms with E-state index in [-0.39, 0.29) is 0 Å². The first-order valence-corrected chi connectivity index (χ1v) is 10.3. The Morgan fingerprint density at radius 3 is 2.77 bits per heavy atom. The number of hydrogen-bond donors (Lipinski definition) is 1. The van der Waals surface area contributed by atoms with Crippen molar-refractivity contribution in [1.82, 2.24) is 0 Å². The standard InChI is InChI=1S/C21H15N3S2/c1-3-9-17-15(7-1)19(24-21-16-8-2-4-10-18(16)23-21)12-20(22-17)26-13-14-6-5-11-25-14/h1-12H,13H2,(H,22,23,24)/p+1. The van der Waals surface area contributed by atoms with Crippen molar-refractivity contribution >= 4 is 51.2 Å². The second-order valence-electron chi connectivity index (χ2n) is 6.06. The number of fused-ring (bicyclic) bond motifs is 2. The number of amidine groups is 1. The molecule has 1 aliphatic rings. The molecule has 3 heterocycles. The fraction of sp³-hybridized carbons (Fsp3) is 0.0476. The summed E-state index contributed by atoms with van der Waals surface area (Å²) in [7, 11) is 0. The third-order valence-corrected chi connectivity index (χ3v) is 6.39. The van der Waals surface area contributed by atoms with Crippen molar-refractivity contribution < 1.29 is 4.98 Å². The predicted octanol–water partition coefficient (Wildman–Crippen LogP) is 5.51. The van der Waals surface area contributed by atoms with Crippen molar-refractivity contribution in [1.29, 1.82) is 0 Å². The highest BCUT2D eigenvalue weighted by Crippen LogP contribution is 2.33. The molecule has 0 saturated heterocycles. The zero-order chi connectivity index (χ0) is 17.3. The molecule has 3 nitrogen and oxygen atoms in total. The number of H-pyrrole nitrogens is 1. The Bertz CT molecular complexity index is 1120. The van der Waals surface area contributed by atoms with Crippen LogP contribution in [0.3, 0.4) is 0 Å². The molecule has 0 bridgehead atoms. The van der Waals surface area contributed by atoms with Gasteiger partial charge in [-0.25, -0.2) is 4.99 Å². The Balaban J connectivity index is 1.53. The Morgan fingerprint density at radius 2 is 1.88 bits per heavy atom. The lowest BCUT2D eigenvalue weighted by molar-refractivity contribution is -0.394. The topological polar surface area (TPSA) is 38.5 Å². The van der Waals surface area contributed by atoms with Gasteiger partial charge >= 0.3 is 0 Å². The van der Waals surface area contributed by atoms with Crippen LogP contribution in [0.5, 0.6) is 0 Å². The molecule has 2 N–H and O–H groups in total. The van der Waals surface area contributed by atoms with Crippen LogP contribution in [0.4, 0.5) is 11.4 Å². The van der Waals surface area contributed by atoms with E-state index in [4.69, 9.17) is 4.99 Å². The number of anilines is 1. The Labute approximate surface area is 159 Å². The smallest absolute Gasteiger partial charge is 0.241 e. The van der Waals surface area contributed by atoms with Crippen molar-refractivity contribution in [2.75, 3.05) is 5.32 Å². The van der Waals surface area contributed by atoms with Crippen LogP contribution in [0.25, 0.3) is 10.9 Å². The summed E-state index contributed by atoms with van der Waals surface area (Å²) in [6.07, 6.45) is 0. The van der Waals surface area contributed by atoms with E-state index in [1.807, 2.05) is 23.9 Å². The average Bonchev–Trinajstić information content (AvgIpc) is 3.18. The van der Waals surface area contributed by atoms with E-state index in [9.17, 15) is 0 Å². The first-order chi connectivity index (χ1) is 12.9. The fourth-order valence-corrected chi connectivity index (χ4v) is 4.75. The van der Waals surface area contributed by atoms with Crippen molar-refractivity contribution in [2.24, 2.45) is 4.99 Å². The lowest BCUT2D eigenvalue weighted by Gasteiger charge is -2.23. The van der Waals surface area contributed by atoms with Gasteiger partial charge in [0.05, 0.1) is 16.8 Å². The van der Waals surface area contributed by atoms with Gasteiger partial charge in [0.2, 0.25) is 10.5 Å². The van der Waals surface area contributed by atoms with Gasteiger partial charge in [-0.05, 0) is 29.6 Å². The molecule has 0 saturated carbocycles. The molecule has 2 aromatic heterocycles. The van der Waals surface area contributed by atoms with E-state index in [0.29, 0.717) is 0 Å². The third kappa shape index (κ3) is 2.89. The van der Waals surface area contributed by atoms with Crippen LogP contribution < -0.4 is 10.3 Å². The van der Waals surface area contributed by atoms with E-state index >= 15 is 0 Å². The SMILES string of the molecule is c1csc(CSc2cc(N=C3Nc4ccccc43)c3ccccc3[nH+]2)c1. The van der Waals surface area contributed by atoms with Crippen LogP contribution in [-0.2, 0) is 5.75 Å². The van der Waals surface area contributed by atoms with Gasteiger partial charge in [0, 0.05) is 28.3 Å². The number of pyridine rings is 1. The maximum absolute atomic E-state index is 4.91. The maximum atomic E-state index is 4.91. The number of aliphatic imine (C=N–C) groups is 1. The molecule has 0 unspecified atom stereocenters. The molecule has 2 aromatic carbocycles. The highest BCUT2D eigenvalue weighted by Gasteiger charge is 2.20. The van der Waals surface area contributed by atoms with E-state index in [1.54, 1.807) is 11.3 Å². The summed E-state index contributed by atoms with van der Waals surface area (Å²) in [5, 5.41) is 7.73. The number of benzene rings is 2. The Morgan fingerprint density at radius 1 is 1.00 bits per heavy atom. The van der Waals surface area contributed by atoms with Crippen LogP contribution in [0, 0.1) is 0 Å². The van der Waals surface area contributed by atoms with Crippen molar-refractivity contribution in [2.45, 2.75) is 10.8 Å². The van der Waals surface area contributed by atoms with E-state index in [2.05, 4.69) is 70.3 Å². The van der Waals surface area contributed by atoms with E-state index in [1.165, 1.54) is 10.4 Å². The summed E-state index contributed by atoms with van der Waals surface area (Å²) >= 11 is 3.60.